The zero-order valence-corrected chi connectivity index (χ0v) is 19.6. The summed E-state index contributed by atoms with van der Waals surface area (Å²) < 4.78 is 44.1. The van der Waals surface area contributed by atoms with Crippen molar-refractivity contribution in [1.29, 1.82) is 0 Å². The Morgan fingerprint density at radius 1 is 0.848 bits per heavy atom. The third-order valence-electron chi connectivity index (χ3n) is 9.95. The zero-order valence-electron chi connectivity index (χ0n) is 19.6. The number of carbonyl (C=O) groups is 2. The molecule has 8 aliphatic rings. The van der Waals surface area contributed by atoms with Gasteiger partial charge in [0, 0.05) is 13.3 Å². The van der Waals surface area contributed by atoms with Crippen LogP contribution in [0.1, 0.15) is 84.0 Å². The van der Waals surface area contributed by atoms with Crippen LogP contribution in [-0.4, -0.2) is 36.9 Å². The van der Waals surface area contributed by atoms with Crippen LogP contribution in [0.2, 0.25) is 0 Å². The summed E-state index contributed by atoms with van der Waals surface area (Å²) >= 11 is 0. The normalized spacial score (nSPS) is 47.1. The lowest BCUT2D eigenvalue weighted by molar-refractivity contribution is -0.228. The first kappa shape index (κ1) is 22.2. The van der Waals surface area contributed by atoms with Gasteiger partial charge in [-0.05, 0) is 106 Å². The SMILES string of the molecule is CC(F)(F)C(=O)OC12CC3CC(C1)CC(C(=O)OCOCC14CC5CC(CC(C5)C1)C4)(C3)C2. The molecule has 7 heteroatoms. The molecule has 0 spiro atoms. The van der Waals surface area contributed by atoms with E-state index in [1.165, 1.54) is 38.5 Å². The maximum atomic E-state index is 13.5. The lowest BCUT2D eigenvalue weighted by Gasteiger charge is -2.59. The first-order valence-electron chi connectivity index (χ1n) is 12.9. The molecule has 33 heavy (non-hydrogen) atoms. The molecular weight excluding hydrogens is 430 g/mol. The van der Waals surface area contributed by atoms with Gasteiger partial charge in [0.05, 0.1) is 12.0 Å². The molecule has 184 valence electrons. The van der Waals surface area contributed by atoms with Crippen molar-refractivity contribution >= 4 is 11.9 Å². The number of carbonyl (C=O) groups excluding carboxylic acids is 2. The fourth-order valence-electron chi connectivity index (χ4n) is 9.80. The van der Waals surface area contributed by atoms with Crippen molar-refractivity contribution in [2.75, 3.05) is 13.4 Å². The summed E-state index contributed by atoms with van der Waals surface area (Å²) in [6, 6.07) is 0. The van der Waals surface area contributed by atoms with E-state index in [2.05, 4.69) is 0 Å². The Kier molecular flexibility index (Phi) is 4.97. The summed E-state index contributed by atoms with van der Waals surface area (Å²) in [6.45, 7) is 1.19. The van der Waals surface area contributed by atoms with E-state index in [0.717, 1.165) is 24.2 Å². The summed E-state index contributed by atoms with van der Waals surface area (Å²) in [4.78, 5) is 25.2. The van der Waals surface area contributed by atoms with Crippen LogP contribution in [0.25, 0.3) is 0 Å². The molecule has 0 saturated heterocycles. The van der Waals surface area contributed by atoms with Crippen molar-refractivity contribution in [2.24, 2.45) is 40.4 Å². The van der Waals surface area contributed by atoms with Gasteiger partial charge in [-0.3, -0.25) is 4.79 Å². The minimum atomic E-state index is -3.53. The van der Waals surface area contributed by atoms with Crippen molar-refractivity contribution in [2.45, 2.75) is 95.5 Å². The van der Waals surface area contributed by atoms with E-state index in [-0.39, 0.29) is 30.0 Å². The first-order valence-corrected chi connectivity index (χ1v) is 12.9. The van der Waals surface area contributed by atoms with Crippen LogP contribution in [0.3, 0.4) is 0 Å². The van der Waals surface area contributed by atoms with E-state index in [0.29, 0.717) is 45.6 Å². The molecule has 0 aromatic heterocycles. The van der Waals surface area contributed by atoms with E-state index in [1.54, 1.807) is 0 Å². The largest absolute Gasteiger partial charge is 0.455 e. The number of halogens is 2. The second kappa shape index (κ2) is 7.38. The monoisotopic (exact) mass is 466 g/mol. The van der Waals surface area contributed by atoms with Crippen LogP contribution in [0.15, 0.2) is 0 Å². The van der Waals surface area contributed by atoms with Gasteiger partial charge in [0.15, 0.2) is 6.79 Å². The van der Waals surface area contributed by atoms with Gasteiger partial charge >= 0.3 is 17.9 Å². The molecule has 2 unspecified atom stereocenters. The van der Waals surface area contributed by atoms with Crippen molar-refractivity contribution < 1.29 is 32.6 Å². The molecule has 0 heterocycles. The standard InChI is InChI=1S/C26H36F2O5/c1-23(27,28)21(29)33-26-11-19-5-20(12-26)10-25(9-19,13-26)22(30)32-15-31-14-24-6-16-2-17(7-24)4-18(3-16)8-24/h16-20H,2-15H2,1H3. The average Bonchev–Trinajstić information content (AvgIpc) is 2.68. The van der Waals surface area contributed by atoms with Gasteiger partial charge in [-0.1, -0.05) is 0 Å². The molecule has 0 N–H and O–H groups in total. The number of hydrogen-bond acceptors (Lipinski definition) is 5. The lowest BCUT2D eigenvalue weighted by Crippen LogP contribution is -2.60. The molecule has 8 fully saturated rings. The van der Waals surface area contributed by atoms with Crippen molar-refractivity contribution in [1.82, 2.24) is 0 Å². The zero-order chi connectivity index (χ0) is 23.1. The van der Waals surface area contributed by atoms with Gasteiger partial charge < -0.3 is 14.2 Å². The van der Waals surface area contributed by atoms with E-state index in [4.69, 9.17) is 14.2 Å². The average molecular weight is 467 g/mol. The first-order chi connectivity index (χ1) is 15.6. The van der Waals surface area contributed by atoms with Crippen LogP contribution in [-0.2, 0) is 23.8 Å². The van der Waals surface area contributed by atoms with Crippen molar-refractivity contribution in [3.63, 3.8) is 0 Å². The summed E-state index contributed by atoms with van der Waals surface area (Å²) in [5, 5.41) is 0. The molecular formula is C26H36F2O5. The van der Waals surface area contributed by atoms with Crippen LogP contribution in [0, 0.1) is 40.4 Å². The van der Waals surface area contributed by atoms with Gasteiger partial charge in [0.25, 0.3) is 0 Å². The molecule has 8 rings (SSSR count). The molecule has 8 bridgehead atoms. The van der Waals surface area contributed by atoms with Crippen LogP contribution >= 0.6 is 0 Å². The van der Waals surface area contributed by atoms with Gasteiger partial charge in [-0.25, -0.2) is 4.79 Å². The fourth-order valence-corrected chi connectivity index (χ4v) is 9.80. The Morgan fingerprint density at radius 3 is 1.94 bits per heavy atom. The van der Waals surface area contributed by atoms with Crippen molar-refractivity contribution in [3.05, 3.63) is 0 Å². The maximum Gasteiger partial charge on any atom is 0.377 e. The Hall–Kier alpha value is -1.24. The lowest BCUT2D eigenvalue weighted by atomic mass is 9.48. The van der Waals surface area contributed by atoms with Crippen LogP contribution in [0.5, 0.6) is 0 Å². The van der Waals surface area contributed by atoms with Crippen LogP contribution < -0.4 is 0 Å². The molecule has 8 aliphatic carbocycles. The summed E-state index contributed by atoms with van der Waals surface area (Å²) in [5.41, 5.74) is -1.43. The minimum absolute atomic E-state index is 0.0442. The number of alkyl halides is 2. The third kappa shape index (κ3) is 3.90. The predicted octanol–water partition coefficient (Wildman–Crippen LogP) is 5.26. The fraction of sp³-hybridized carbons (Fsp3) is 0.923. The predicted molar refractivity (Wildman–Crippen MR) is 114 cm³/mol. The highest BCUT2D eigenvalue weighted by Gasteiger charge is 2.63. The Morgan fingerprint density at radius 2 is 1.39 bits per heavy atom. The van der Waals surface area contributed by atoms with Gasteiger partial charge in [0.1, 0.15) is 5.60 Å². The van der Waals surface area contributed by atoms with Crippen molar-refractivity contribution in [3.8, 4) is 0 Å². The molecule has 0 radical (unpaired) electrons. The third-order valence-corrected chi connectivity index (χ3v) is 9.95. The van der Waals surface area contributed by atoms with Gasteiger partial charge in [-0.2, -0.15) is 8.78 Å². The van der Waals surface area contributed by atoms with E-state index >= 15 is 0 Å². The smallest absolute Gasteiger partial charge is 0.377 e. The molecule has 2 atom stereocenters. The molecule has 0 aliphatic heterocycles. The summed E-state index contributed by atoms with van der Waals surface area (Å²) in [6.07, 6.45) is 11.7. The Bertz CT molecular complexity index is 784. The molecule has 8 saturated carbocycles. The highest BCUT2D eigenvalue weighted by Crippen LogP contribution is 2.63. The molecule has 0 aromatic rings. The second-order valence-electron chi connectivity index (χ2n) is 13.0. The van der Waals surface area contributed by atoms with E-state index in [9.17, 15) is 18.4 Å². The summed E-state index contributed by atoms with van der Waals surface area (Å²) in [7, 11) is 0. The highest BCUT2D eigenvalue weighted by molar-refractivity contribution is 5.79. The number of esters is 2. The van der Waals surface area contributed by atoms with Gasteiger partial charge in [0.2, 0.25) is 0 Å². The Labute approximate surface area is 194 Å². The maximum absolute atomic E-state index is 13.5. The number of hydrogen-bond donors (Lipinski definition) is 0. The van der Waals surface area contributed by atoms with E-state index < -0.39 is 22.9 Å². The molecule has 0 amide bonds. The van der Waals surface area contributed by atoms with Crippen LogP contribution in [0.4, 0.5) is 8.78 Å². The molecule has 5 nitrogen and oxygen atoms in total. The quantitative estimate of drug-likeness (QED) is 0.291. The number of ether oxygens (including phenoxy) is 3. The van der Waals surface area contributed by atoms with E-state index in [1.807, 2.05) is 0 Å². The second-order valence-corrected chi connectivity index (χ2v) is 13.0. The summed E-state index contributed by atoms with van der Waals surface area (Å²) in [5.74, 6) is -2.33. The van der Waals surface area contributed by atoms with Gasteiger partial charge in [-0.15, -0.1) is 0 Å². The minimum Gasteiger partial charge on any atom is -0.455 e. The topological polar surface area (TPSA) is 61.8 Å². The Balaban J connectivity index is 1.07. The number of rotatable bonds is 7. The highest BCUT2D eigenvalue weighted by atomic mass is 19.3. The molecule has 0 aromatic carbocycles.